The predicted molar refractivity (Wildman–Crippen MR) is 94.8 cm³/mol. The summed E-state index contributed by atoms with van der Waals surface area (Å²) in [5, 5.41) is 8.71. The monoisotopic (exact) mass is 352 g/mol. The van der Waals surface area contributed by atoms with Crippen LogP contribution in [0.3, 0.4) is 0 Å². The number of fused-ring (bicyclic) bond motifs is 1. The lowest BCUT2D eigenvalue weighted by atomic mass is 9.76. The highest BCUT2D eigenvalue weighted by molar-refractivity contribution is 5.93. The van der Waals surface area contributed by atoms with Gasteiger partial charge in [0.15, 0.2) is 11.5 Å². The fourth-order valence-corrected chi connectivity index (χ4v) is 3.77. The SMILES string of the molecule is CCCCC1(C)C(C)=[N+](CCCCCC(=O)O)c2c(F)cc(F)cc21. The van der Waals surface area contributed by atoms with Gasteiger partial charge in [-0.1, -0.05) is 19.8 Å². The predicted octanol–water partition coefficient (Wildman–Crippen LogP) is 5.18. The van der Waals surface area contributed by atoms with Crippen LogP contribution in [-0.4, -0.2) is 27.9 Å². The smallest absolute Gasteiger partial charge is 0.303 e. The average Bonchev–Trinajstić information content (AvgIpc) is 2.75. The summed E-state index contributed by atoms with van der Waals surface area (Å²) in [6.07, 6.45) is 5.23. The molecular formula is C20H28F2NO2+. The third-order valence-corrected chi connectivity index (χ3v) is 5.40. The molecule has 5 heteroatoms. The van der Waals surface area contributed by atoms with Crippen molar-refractivity contribution in [2.24, 2.45) is 0 Å². The van der Waals surface area contributed by atoms with Crippen LogP contribution in [0.4, 0.5) is 14.5 Å². The number of carbonyl (C=O) groups is 1. The van der Waals surface area contributed by atoms with Gasteiger partial charge >= 0.3 is 5.97 Å². The molecule has 1 N–H and O–H groups in total. The van der Waals surface area contributed by atoms with E-state index in [0.29, 0.717) is 18.7 Å². The van der Waals surface area contributed by atoms with Crippen molar-refractivity contribution < 1.29 is 23.3 Å². The van der Waals surface area contributed by atoms with Crippen molar-refractivity contribution in [1.29, 1.82) is 0 Å². The highest BCUT2D eigenvalue weighted by atomic mass is 19.1. The van der Waals surface area contributed by atoms with Crippen LogP contribution >= 0.6 is 0 Å². The molecule has 0 bridgehead atoms. The average molecular weight is 352 g/mol. The van der Waals surface area contributed by atoms with Crippen molar-refractivity contribution in [2.75, 3.05) is 6.54 Å². The number of aliphatic carboxylic acids is 1. The van der Waals surface area contributed by atoms with E-state index in [1.165, 1.54) is 6.07 Å². The van der Waals surface area contributed by atoms with E-state index < -0.39 is 17.6 Å². The number of rotatable bonds is 9. The summed E-state index contributed by atoms with van der Waals surface area (Å²) in [5.74, 6) is -1.84. The van der Waals surface area contributed by atoms with Crippen LogP contribution in [-0.2, 0) is 10.2 Å². The van der Waals surface area contributed by atoms with E-state index in [-0.39, 0.29) is 11.8 Å². The summed E-state index contributed by atoms with van der Waals surface area (Å²) in [4.78, 5) is 10.6. The van der Waals surface area contributed by atoms with Crippen molar-refractivity contribution in [3.05, 3.63) is 29.3 Å². The first kappa shape index (κ1) is 19.5. The van der Waals surface area contributed by atoms with Gasteiger partial charge in [0.05, 0.1) is 5.41 Å². The summed E-state index contributed by atoms with van der Waals surface area (Å²) in [6, 6.07) is 2.43. The summed E-state index contributed by atoms with van der Waals surface area (Å²) in [7, 11) is 0. The summed E-state index contributed by atoms with van der Waals surface area (Å²) < 4.78 is 30.4. The van der Waals surface area contributed by atoms with Crippen molar-refractivity contribution in [2.45, 2.75) is 71.1 Å². The number of hydrogen-bond donors (Lipinski definition) is 1. The Kier molecular flexibility index (Phi) is 6.31. The van der Waals surface area contributed by atoms with Crippen molar-refractivity contribution in [1.82, 2.24) is 0 Å². The zero-order valence-corrected chi connectivity index (χ0v) is 15.4. The number of nitrogens with zero attached hydrogens (tertiary/aromatic N) is 1. The third-order valence-electron chi connectivity index (χ3n) is 5.40. The largest absolute Gasteiger partial charge is 0.481 e. The lowest BCUT2D eigenvalue weighted by Gasteiger charge is -2.21. The van der Waals surface area contributed by atoms with Crippen LogP contribution in [0.1, 0.15) is 71.3 Å². The van der Waals surface area contributed by atoms with Crippen LogP contribution in [0.2, 0.25) is 0 Å². The molecule has 0 aliphatic carbocycles. The topological polar surface area (TPSA) is 40.3 Å². The van der Waals surface area contributed by atoms with Gasteiger partial charge in [-0.15, -0.1) is 0 Å². The van der Waals surface area contributed by atoms with E-state index in [0.717, 1.165) is 49.4 Å². The Morgan fingerprint density at radius 2 is 1.92 bits per heavy atom. The zero-order valence-electron chi connectivity index (χ0n) is 15.4. The number of benzene rings is 1. The molecule has 1 heterocycles. The summed E-state index contributed by atoms with van der Waals surface area (Å²) in [5.41, 5.74) is 1.94. The number of hydrogen-bond acceptors (Lipinski definition) is 1. The fourth-order valence-electron chi connectivity index (χ4n) is 3.77. The Morgan fingerprint density at radius 1 is 1.20 bits per heavy atom. The lowest BCUT2D eigenvalue weighted by molar-refractivity contribution is -0.442. The number of unbranched alkanes of at least 4 members (excludes halogenated alkanes) is 3. The molecule has 25 heavy (non-hydrogen) atoms. The molecule has 0 radical (unpaired) electrons. The lowest BCUT2D eigenvalue weighted by Crippen LogP contribution is -2.30. The van der Waals surface area contributed by atoms with Crippen LogP contribution < -0.4 is 0 Å². The normalized spacial score (nSPS) is 19.4. The highest BCUT2D eigenvalue weighted by Crippen LogP contribution is 2.44. The third kappa shape index (κ3) is 4.07. The minimum Gasteiger partial charge on any atom is -0.481 e. The Balaban J connectivity index is 2.27. The molecule has 0 amide bonds. The standard InChI is InChI=1S/C20H27F2NO2/c1-4-5-10-20(3)14(2)23(11-8-6-7-9-18(24)25)19-16(20)12-15(21)13-17(19)22/h12-13H,4-11H2,1-3H3/p+1. The molecule has 1 aromatic rings. The number of halogens is 2. The molecule has 0 saturated heterocycles. The minimum atomic E-state index is -0.789. The maximum Gasteiger partial charge on any atom is 0.303 e. The Morgan fingerprint density at radius 3 is 2.56 bits per heavy atom. The van der Waals surface area contributed by atoms with Gasteiger partial charge in [0.25, 0.3) is 0 Å². The van der Waals surface area contributed by atoms with Crippen molar-refractivity contribution in [3.8, 4) is 0 Å². The molecule has 1 atom stereocenters. The summed E-state index contributed by atoms with van der Waals surface area (Å²) in [6.45, 7) is 6.81. The summed E-state index contributed by atoms with van der Waals surface area (Å²) >= 11 is 0. The first-order valence-corrected chi connectivity index (χ1v) is 9.14. The van der Waals surface area contributed by atoms with E-state index in [2.05, 4.69) is 13.8 Å². The molecular weight excluding hydrogens is 324 g/mol. The van der Waals surface area contributed by atoms with Gasteiger partial charge in [-0.2, -0.15) is 8.97 Å². The molecule has 138 valence electrons. The van der Waals surface area contributed by atoms with Crippen LogP contribution in [0, 0.1) is 11.6 Å². The maximum atomic E-state index is 14.5. The molecule has 2 rings (SSSR count). The second-order valence-corrected chi connectivity index (χ2v) is 7.16. The molecule has 0 saturated carbocycles. The Hall–Kier alpha value is -1.78. The second-order valence-electron chi connectivity index (χ2n) is 7.16. The van der Waals surface area contributed by atoms with Gasteiger partial charge in [-0.05, 0) is 32.3 Å². The van der Waals surface area contributed by atoms with E-state index in [9.17, 15) is 13.6 Å². The Labute approximate surface area is 148 Å². The maximum absolute atomic E-state index is 14.5. The van der Waals surface area contributed by atoms with Crippen LogP contribution in [0.5, 0.6) is 0 Å². The minimum absolute atomic E-state index is 0.160. The van der Waals surface area contributed by atoms with Gasteiger partial charge in [0.1, 0.15) is 12.4 Å². The van der Waals surface area contributed by atoms with Gasteiger partial charge in [-0.3, -0.25) is 4.79 Å². The molecule has 1 aromatic carbocycles. The van der Waals surface area contributed by atoms with Crippen LogP contribution in [0.15, 0.2) is 12.1 Å². The first-order chi connectivity index (χ1) is 11.8. The van der Waals surface area contributed by atoms with E-state index in [1.54, 1.807) is 0 Å². The molecule has 1 unspecified atom stereocenters. The van der Waals surface area contributed by atoms with E-state index in [1.807, 2.05) is 11.5 Å². The number of carboxylic acid groups (broad SMARTS) is 1. The highest BCUT2D eigenvalue weighted by Gasteiger charge is 2.47. The van der Waals surface area contributed by atoms with Crippen LogP contribution in [0.25, 0.3) is 0 Å². The molecule has 0 spiro atoms. The second kappa shape index (κ2) is 8.07. The fraction of sp³-hybridized carbons (Fsp3) is 0.600. The van der Waals surface area contributed by atoms with Crippen molar-refractivity contribution in [3.63, 3.8) is 0 Å². The molecule has 1 aliphatic rings. The van der Waals surface area contributed by atoms with Gasteiger partial charge < -0.3 is 5.11 Å². The first-order valence-electron chi connectivity index (χ1n) is 9.14. The number of carboxylic acids is 1. The van der Waals surface area contributed by atoms with Crippen molar-refractivity contribution >= 4 is 17.4 Å². The molecule has 0 fully saturated rings. The van der Waals surface area contributed by atoms with E-state index >= 15 is 0 Å². The van der Waals surface area contributed by atoms with Gasteiger partial charge in [0, 0.05) is 31.4 Å². The van der Waals surface area contributed by atoms with Gasteiger partial charge in [0.2, 0.25) is 5.69 Å². The van der Waals surface area contributed by atoms with Gasteiger partial charge in [-0.25, -0.2) is 4.39 Å². The molecule has 3 nitrogen and oxygen atoms in total. The van der Waals surface area contributed by atoms with E-state index in [4.69, 9.17) is 5.11 Å². The molecule has 0 aromatic heterocycles. The molecule has 1 aliphatic heterocycles. The quantitative estimate of drug-likeness (QED) is 0.491. The zero-order chi connectivity index (χ0) is 18.6. The Bertz CT molecular complexity index is 685.